The molecule has 1 saturated heterocycles. The summed E-state index contributed by atoms with van der Waals surface area (Å²) in [5.74, 6) is -0.571. The number of thioether (sulfide) groups is 1. The van der Waals surface area contributed by atoms with Crippen molar-refractivity contribution in [3.05, 3.63) is 46.0 Å². The van der Waals surface area contributed by atoms with Gasteiger partial charge in [-0.05, 0) is 43.5 Å². The fourth-order valence-corrected chi connectivity index (χ4v) is 5.13. The van der Waals surface area contributed by atoms with Gasteiger partial charge in [-0.1, -0.05) is 23.7 Å². The van der Waals surface area contributed by atoms with Crippen LogP contribution >= 0.6 is 23.4 Å². The number of benzene rings is 1. The predicted molar refractivity (Wildman–Crippen MR) is 106 cm³/mol. The first-order chi connectivity index (χ1) is 13.0. The first kappa shape index (κ1) is 20.7. The quantitative estimate of drug-likeness (QED) is 0.719. The molecular formula is C20H25ClO5S. The zero-order valence-electron chi connectivity index (χ0n) is 15.6. The third-order valence-electron chi connectivity index (χ3n) is 4.85. The minimum Gasteiger partial charge on any atom is -0.463 e. The molecule has 1 N–H and O–H groups in total. The molecule has 3 atom stereocenters. The SMILES string of the molecule is CCOC(=O)C1=CC2(CCC1SCc1c(C)cccc1Cl)OCC(CO)O2. The van der Waals surface area contributed by atoms with E-state index in [2.05, 4.69) is 0 Å². The third-order valence-corrected chi connectivity index (χ3v) is 6.56. The van der Waals surface area contributed by atoms with E-state index in [1.54, 1.807) is 24.8 Å². The van der Waals surface area contributed by atoms with Crippen LogP contribution in [0.2, 0.25) is 5.02 Å². The van der Waals surface area contributed by atoms with Crippen LogP contribution in [0.1, 0.15) is 30.9 Å². The number of aliphatic hydroxyl groups excluding tert-OH is 1. The maximum atomic E-state index is 12.6. The summed E-state index contributed by atoms with van der Waals surface area (Å²) >= 11 is 8.02. The molecule has 1 heterocycles. The molecule has 5 nitrogen and oxygen atoms in total. The highest BCUT2D eigenvalue weighted by Crippen LogP contribution is 2.42. The fourth-order valence-electron chi connectivity index (χ4n) is 3.38. The van der Waals surface area contributed by atoms with Gasteiger partial charge in [-0.2, -0.15) is 0 Å². The number of aryl methyl sites for hydroxylation is 1. The summed E-state index contributed by atoms with van der Waals surface area (Å²) in [4.78, 5) is 12.6. The van der Waals surface area contributed by atoms with Crippen LogP contribution < -0.4 is 0 Å². The number of carbonyl (C=O) groups excluding carboxylic acids is 1. The first-order valence-corrected chi connectivity index (χ1v) is 10.6. The molecule has 1 spiro atoms. The lowest BCUT2D eigenvalue weighted by molar-refractivity contribution is -0.148. The van der Waals surface area contributed by atoms with E-state index < -0.39 is 5.79 Å². The van der Waals surface area contributed by atoms with Gasteiger partial charge >= 0.3 is 5.97 Å². The molecule has 3 unspecified atom stereocenters. The Hall–Kier alpha value is -1.05. The summed E-state index contributed by atoms with van der Waals surface area (Å²) in [6.07, 6.45) is 2.74. The maximum Gasteiger partial charge on any atom is 0.335 e. The summed E-state index contributed by atoms with van der Waals surface area (Å²) in [7, 11) is 0. The van der Waals surface area contributed by atoms with Gasteiger partial charge in [0, 0.05) is 22.4 Å². The van der Waals surface area contributed by atoms with Crippen LogP contribution in [0.3, 0.4) is 0 Å². The Morgan fingerprint density at radius 3 is 2.96 bits per heavy atom. The number of ether oxygens (including phenoxy) is 3. The van der Waals surface area contributed by atoms with Gasteiger partial charge in [-0.25, -0.2) is 4.79 Å². The molecule has 0 saturated carbocycles. The van der Waals surface area contributed by atoms with Crippen LogP contribution in [-0.2, 0) is 24.8 Å². The van der Waals surface area contributed by atoms with Gasteiger partial charge in [0.15, 0.2) is 5.79 Å². The van der Waals surface area contributed by atoms with Crippen LogP contribution in [-0.4, -0.2) is 48.0 Å². The Morgan fingerprint density at radius 2 is 2.30 bits per heavy atom. The molecule has 148 valence electrons. The smallest absolute Gasteiger partial charge is 0.335 e. The Bertz CT molecular complexity index is 702. The summed E-state index contributed by atoms with van der Waals surface area (Å²) < 4.78 is 16.9. The molecule has 1 aliphatic carbocycles. The van der Waals surface area contributed by atoms with Gasteiger partial charge in [0.25, 0.3) is 0 Å². The summed E-state index contributed by atoms with van der Waals surface area (Å²) in [5, 5.41) is 10.0. The van der Waals surface area contributed by atoms with Crippen molar-refractivity contribution in [3.63, 3.8) is 0 Å². The van der Waals surface area contributed by atoms with Gasteiger partial charge in [0.05, 0.1) is 25.4 Å². The van der Waals surface area contributed by atoms with E-state index in [1.807, 2.05) is 25.1 Å². The molecule has 2 aliphatic rings. The highest BCUT2D eigenvalue weighted by Gasteiger charge is 2.45. The van der Waals surface area contributed by atoms with Crippen LogP contribution in [0.15, 0.2) is 29.8 Å². The van der Waals surface area contributed by atoms with Crippen LogP contribution in [0, 0.1) is 6.92 Å². The van der Waals surface area contributed by atoms with Gasteiger partial charge in [0.2, 0.25) is 0 Å². The van der Waals surface area contributed by atoms with Crippen molar-refractivity contribution >= 4 is 29.3 Å². The lowest BCUT2D eigenvalue weighted by Gasteiger charge is -2.33. The maximum absolute atomic E-state index is 12.6. The molecule has 1 aliphatic heterocycles. The molecule has 0 bridgehead atoms. The van der Waals surface area contributed by atoms with Gasteiger partial charge in [-0.15, -0.1) is 11.8 Å². The van der Waals surface area contributed by atoms with Gasteiger partial charge < -0.3 is 19.3 Å². The molecule has 3 rings (SSSR count). The Kier molecular flexibility index (Phi) is 6.87. The molecule has 1 fully saturated rings. The van der Waals surface area contributed by atoms with E-state index in [0.29, 0.717) is 31.0 Å². The minimum absolute atomic E-state index is 0.0225. The van der Waals surface area contributed by atoms with Crippen molar-refractivity contribution in [2.75, 3.05) is 19.8 Å². The molecule has 1 aromatic rings. The van der Waals surface area contributed by atoms with E-state index >= 15 is 0 Å². The standard InChI is InChI=1S/C20H25ClO5S/c1-3-24-19(23)15-9-20(25-11-14(10-22)26-20)8-7-18(15)27-12-16-13(2)5-4-6-17(16)21/h4-6,9,14,18,22H,3,7-8,10-12H2,1-2H3. The monoisotopic (exact) mass is 412 g/mol. The largest absolute Gasteiger partial charge is 0.463 e. The zero-order valence-corrected chi connectivity index (χ0v) is 17.1. The Morgan fingerprint density at radius 1 is 1.48 bits per heavy atom. The van der Waals surface area contributed by atoms with Crippen molar-refractivity contribution in [3.8, 4) is 0 Å². The molecule has 0 amide bonds. The summed E-state index contributed by atoms with van der Waals surface area (Å²) in [5.41, 5.74) is 2.79. The zero-order chi connectivity index (χ0) is 19.4. The summed E-state index contributed by atoms with van der Waals surface area (Å²) in [6.45, 7) is 4.35. The minimum atomic E-state index is -0.938. The van der Waals surface area contributed by atoms with E-state index in [1.165, 1.54) is 0 Å². The molecule has 7 heteroatoms. The van der Waals surface area contributed by atoms with E-state index in [-0.39, 0.29) is 23.9 Å². The van der Waals surface area contributed by atoms with Crippen LogP contribution in [0.4, 0.5) is 0 Å². The lowest BCUT2D eigenvalue weighted by Crippen LogP contribution is -2.37. The predicted octanol–water partition coefficient (Wildman–Crippen LogP) is 3.64. The topological polar surface area (TPSA) is 65.0 Å². The number of aliphatic hydroxyl groups is 1. The molecule has 0 aromatic heterocycles. The van der Waals surface area contributed by atoms with E-state index in [0.717, 1.165) is 22.6 Å². The average molecular weight is 413 g/mol. The number of hydrogen-bond acceptors (Lipinski definition) is 6. The van der Waals surface area contributed by atoms with Crippen molar-refractivity contribution in [2.24, 2.45) is 0 Å². The number of esters is 1. The highest BCUT2D eigenvalue weighted by molar-refractivity contribution is 7.99. The second kappa shape index (κ2) is 8.97. The number of hydrogen-bond donors (Lipinski definition) is 1. The number of rotatable bonds is 6. The van der Waals surface area contributed by atoms with Crippen molar-refractivity contribution in [1.82, 2.24) is 0 Å². The molecule has 0 radical (unpaired) electrons. The van der Waals surface area contributed by atoms with Gasteiger partial charge in [0.1, 0.15) is 6.10 Å². The molecule has 27 heavy (non-hydrogen) atoms. The van der Waals surface area contributed by atoms with Gasteiger partial charge in [-0.3, -0.25) is 0 Å². The van der Waals surface area contributed by atoms with E-state index in [9.17, 15) is 9.90 Å². The second-order valence-corrected chi connectivity index (χ2v) is 8.34. The Labute approximate surface area is 169 Å². The van der Waals surface area contributed by atoms with Crippen molar-refractivity contribution in [1.29, 1.82) is 0 Å². The number of carbonyl (C=O) groups is 1. The normalized spacial score (nSPS) is 27.6. The highest BCUT2D eigenvalue weighted by atomic mass is 35.5. The fraction of sp³-hybridized carbons (Fsp3) is 0.550. The number of halogens is 1. The average Bonchev–Trinajstić information content (AvgIpc) is 3.05. The Balaban J connectivity index is 1.79. The molecule has 1 aromatic carbocycles. The third kappa shape index (κ3) is 4.69. The lowest BCUT2D eigenvalue weighted by atomic mass is 9.94. The van der Waals surface area contributed by atoms with Crippen molar-refractivity contribution < 1.29 is 24.1 Å². The molecular weight excluding hydrogens is 388 g/mol. The van der Waals surface area contributed by atoms with Crippen LogP contribution in [0.5, 0.6) is 0 Å². The van der Waals surface area contributed by atoms with Crippen molar-refractivity contribution in [2.45, 2.75) is 49.6 Å². The van der Waals surface area contributed by atoms with E-state index in [4.69, 9.17) is 25.8 Å². The summed E-state index contributed by atoms with van der Waals surface area (Å²) in [6, 6.07) is 5.86. The second-order valence-electron chi connectivity index (χ2n) is 6.74. The van der Waals surface area contributed by atoms with Crippen LogP contribution in [0.25, 0.3) is 0 Å². The first-order valence-electron chi connectivity index (χ1n) is 9.16.